The first-order chi connectivity index (χ1) is 13.1. The third-order valence-electron chi connectivity index (χ3n) is 4.20. The third kappa shape index (κ3) is 5.64. The van der Waals surface area contributed by atoms with Gasteiger partial charge < -0.3 is 9.64 Å². The lowest BCUT2D eigenvalue weighted by atomic mass is 10.1. The van der Waals surface area contributed by atoms with E-state index in [1.54, 1.807) is 11.8 Å². The molecule has 0 aliphatic heterocycles. The summed E-state index contributed by atoms with van der Waals surface area (Å²) in [6, 6.07) is 13.5. The van der Waals surface area contributed by atoms with E-state index in [0.29, 0.717) is 12.1 Å². The highest BCUT2D eigenvalue weighted by Gasteiger charge is 2.21. The van der Waals surface area contributed by atoms with Crippen LogP contribution in [0, 0.1) is 6.92 Å². The van der Waals surface area contributed by atoms with Crippen molar-refractivity contribution in [3.05, 3.63) is 65.2 Å². The van der Waals surface area contributed by atoms with Crippen molar-refractivity contribution in [3.8, 4) is 0 Å². The van der Waals surface area contributed by atoms with Gasteiger partial charge in [-0.1, -0.05) is 36.4 Å². The summed E-state index contributed by atoms with van der Waals surface area (Å²) in [5.74, 6) is -1.13. The standard InChI is InChI=1S/C20H24N2O5S/c1-14(2)22(12-16-7-5-4-6-8-16)19(23)13-27-20(24)17-10-9-15(3)18(11-17)28(21,25)26/h4-11,14H,12-13H2,1-3H3,(H2,21,25,26). The summed E-state index contributed by atoms with van der Waals surface area (Å²) in [7, 11) is -3.96. The molecule has 0 unspecified atom stereocenters. The van der Waals surface area contributed by atoms with Crippen molar-refractivity contribution in [1.29, 1.82) is 0 Å². The van der Waals surface area contributed by atoms with Gasteiger partial charge >= 0.3 is 5.97 Å². The fraction of sp³-hybridized carbons (Fsp3) is 0.300. The van der Waals surface area contributed by atoms with Crippen LogP contribution in [0.4, 0.5) is 0 Å². The summed E-state index contributed by atoms with van der Waals surface area (Å²) in [5, 5.41) is 5.15. The number of aryl methyl sites for hydroxylation is 1. The summed E-state index contributed by atoms with van der Waals surface area (Å²) in [6.45, 7) is 5.28. The Kier molecular flexibility index (Phi) is 6.93. The molecule has 150 valence electrons. The molecule has 0 bridgehead atoms. The molecular weight excluding hydrogens is 380 g/mol. The first-order valence-electron chi connectivity index (χ1n) is 8.73. The van der Waals surface area contributed by atoms with Gasteiger partial charge in [-0.3, -0.25) is 4.79 Å². The molecule has 0 aliphatic rings. The van der Waals surface area contributed by atoms with E-state index in [0.717, 1.165) is 11.6 Å². The van der Waals surface area contributed by atoms with Crippen molar-refractivity contribution in [1.82, 2.24) is 4.90 Å². The zero-order valence-corrected chi connectivity index (χ0v) is 16.9. The quantitative estimate of drug-likeness (QED) is 0.712. The van der Waals surface area contributed by atoms with E-state index < -0.39 is 22.6 Å². The molecule has 0 saturated carbocycles. The molecule has 0 saturated heterocycles. The van der Waals surface area contributed by atoms with Crippen molar-refractivity contribution in [2.75, 3.05) is 6.61 Å². The van der Waals surface area contributed by atoms with E-state index in [9.17, 15) is 18.0 Å². The molecule has 2 aromatic rings. The molecule has 0 heterocycles. The molecule has 28 heavy (non-hydrogen) atoms. The smallest absolute Gasteiger partial charge is 0.338 e. The zero-order valence-electron chi connectivity index (χ0n) is 16.1. The maximum atomic E-state index is 12.5. The maximum absolute atomic E-state index is 12.5. The first kappa shape index (κ1) is 21.6. The van der Waals surface area contributed by atoms with Gasteiger partial charge in [0.25, 0.3) is 5.91 Å². The van der Waals surface area contributed by atoms with Crippen LogP contribution in [-0.4, -0.2) is 37.8 Å². The van der Waals surface area contributed by atoms with Crippen LogP contribution in [0.2, 0.25) is 0 Å². The molecule has 0 spiro atoms. The monoisotopic (exact) mass is 404 g/mol. The van der Waals surface area contributed by atoms with Crippen LogP contribution < -0.4 is 5.14 Å². The summed E-state index contributed by atoms with van der Waals surface area (Å²) in [6.07, 6.45) is 0. The molecule has 0 fully saturated rings. The van der Waals surface area contributed by atoms with E-state index in [2.05, 4.69) is 0 Å². The lowest BCUT2D eigenvalue weighted by molar-refractivity contribution is -0.136. The van der Waals surface area contributed by atoms with E-state index >= 15 is 0 Å². The molecule has 0 atom stereocenters. The molecule has 2 N–H and O–H groups in total. The van der Waals surface area contributed by atoms with Crippen LogP contribution in [0.15, 0.2) is 53.4 Å². The predicted molar refractivity (Wildman–Crippen MR) is 105 cm³/mol. The van der Waals surface area contributed by atoms with Gasteiger partial charge in [0.1, 0.15) is 0 Å². The Hall–Kier alpha value is -2.71. The van der Waals surface area contributed by atoms with Gasteiger partial charge in [-0.25, -0.2) is 18.4 Å². The second kappa shape index (κ2) is 8.99. The Morgan fingerprint density at radius 1 is 1.11 bits per heavy atom. The average molecular weight is 404 g/mol. The Labute approximate surface area is 165 Å². The number of esters is 1. The molecular formula is C20H24N2O5S. The van der Waals surface area contributed by atoms with Gasteiger partial charge in [0.05, 0.1) is 10.5 Å². The number of hydrogen-bond donors (Lipinski definition) is 1. The van der Waals surface area contributed by atoms with Crippen LogP contribution in [0.5, 0.6) is 0 Å². The molecule has 0 aromatic heterocycles. The average Bonchev–Trinajstić information content (AvgIpc) is 2.64. The number of amides is 1. The van der Waals surface area contributed by atoms with E-state index in [1.807, 2.05) is 44.2 Å². The molecule has 2 aromatic carbocycles. The highest BCUT2D eigenvalue weighted by Crippen LogP contribution is 2.16. The summed E-state index contributed by atoms with van der Waals surface area (Å²) in [4.78, 5) is 26.3. The highest BCUT2D eigenvalue weighted by molar-refractivity contribution is 7.89. The SMILES string of the molecule is Cc1ccc(C(=O)OCC(=O)N(Cc2ccccc2)C(C)C)cc1S(N)(=O)=O. The molecule has 0 aliphatic carbocycles. The number of ether oxygens (including phenoxy) is 1. The lowest BCUT2D eigenvalue weighted by Crippen LogP contribution is -2.39. The second-order valence-electron chi connectivity index (χ2n) is 6.70. The highest BCUT2D eigenvalue weighted by atomic mass is 32.2. The van der Waals surface area contributed by atoms with Gasteiger partial charge in [-0.05, 0) is 44.0 Å². The first-order valence-corrected chi connectivity index (χ1v) is 10.3. The van der Waals surface area contributed by atoms with Crippen molar-refractivity contribution in [3.63, 3.8) is 0 Å². The fourth-order valence-electron chi connectivity index (χ4n) is 2.67. The van der Waals surface area contributed by atoms with Crippen LogP contribution in [0.25, 0.3) is 0 Å². The van der Waals surface area contributed by atoms with Crippen molar-refractivity contribution < 1.29 is 22.7 Å². The van der Waals surface area contributed by atoms with E-state index in [-0.39, 0.29) is 22.4 Å². The maximum Gasteiger partial charge on any atom is 0.338 e. The molecule has 8 heteroatoms. The normalized spacial score (nSPS) is 11.3. The summed E-state index contributed by atoms with van der Waals surface area (Å²) < 4.78 is 28.3. The van der Waals surface area contributed by atoms with E-state index in [4.69, 9.17) is 9.88 Å². The Balaban J connectivity index is 2.07. The zero-order chi connectivity index (χ0) is 20.9. The minimum Gasteiger partial charge on any atom is -0.452 e. The topological polar surface area (TPSA) is 107 Å². The number of rotatable bonds is 7. The Morgan fingerprint density at radius 3 is 2.32 bits per heavy atom. The minimum atomic E-state index is -3.96. The number of hydrogen-bond acceptors (Lipinski definition) is 5. The number of carbonyl (C=O) groups excluding carboxylic acids is 2. The number of nitrogens with zero attached hydrogens (tertiary/aromatic N) is 1. The van der Waals surface area contributed by atoms with Crippen LogP contribution >= 0.6 is 0 Å². The summed E-state index contributed by atoms with van der Waals surface area (Å²) >= 11 is 0. The second-order valence-corrected chi connectivity index (χ2v) is 8.23. The fourth-order valence-corrected chi connectivity index (χ4v) is 3.47. The minimum absolute atomic E-state index is 0.0154. The molecule has 7 nitrogen and oxygen atoms in total. The molecule has 0 radical (unpaired) electrons. The van der Waals surface area contributed by atoms with Crippen LogP contribution in [0.3, 0.4) is 0 Å². The number of carbonyl (C=O) groups is 2. The van der Waals surface area contributed by atoms with Crippen molar-refractivity contribution in [2.45, 2.75) is 38.3 Å². The number of nitrogens with two attached hydrogens (primary N) is 1. The van der Waals surface area contributed by atoms with Gasteiger partial charge in [0, 0.05) is 12.6 Å². The van der Waals surface area contributed by atoms with Crippen LogP contribution in [-0.2, 0) is 26.1 Å². The molecule has 2 rings (SSSR count). The largest absolute Gasteiger partial charge is 0.452 e. The van der Waals surface area contributed by atoms with E-state index in [1.165, 1.54) is 12.1 Å². The number of sulfonamides is 1. The van der Waals surface area contributed by atoms with Crippen molar-refractivity contribution in [2.24, 2.45) is 5.14 Å². The van der Waals surface area contributed by atoms with Gasteiger partial charge in [-0.2, -0.15) is 0 Å². The number of primary sulfonamides is 1. The Morgan fingerprint density at radius 2 is 1.75 bits per heavy atom. The third-order valence-corrected chi connectivity index (χ3v) is 5.25. The number of benzene rings is 2. The van der Waals surface area contributed by atoms with Gasteiger partial charge in [0.15, 0.2) is 6.61 Å². The molecule has 1 amide bonds. The van der Waals surface area contributed by atoms with Crippen LogP contribution in [0.1, 0.15) is 35.3 Å². The van der Waals surface area contributed by atoms with Crippen molar-refractivity contribution >= 4 is 21.9 Å². The predicted octanol–water partition coefficient (Wildman–Crippen LogP) is 2.24. The lowest BCUT2D eigenvalue weighted by Gasteiger charge is -2.26. The summed E-state index contributed by atoms with van der Waals surface area (Å²) in [5.41, 5.74) is 1.40. The Bertz CT molecular complexity index is 956. The van der Waals surface area contributed by atoms with Gasteiger partial charge in [-0.15, -0.1) is 0 Å². The van der Waals surface area contributed by atoms with Gasteiger partial charge in [0.2, 0.25) is 10.0 Å².